The highest BCUT2D eigenvalue weighted by molar-refractivity contribution is 6.68. The van der Waals surface area contributed by atoms with Crippen LogP contribution in [0, 0.1) is 17.8 Å². The molecule has 0 heterocycles. The fourth-order valence-corrected chi connectivity index (χ4v) is 6.90. The van der Waals surface area contributed by atoms with E-state index in [9.17, 15) is 0 Å². The largest absolute Gasteiger partial charge is 0.520 e. The summed E-state index contributed by atoms with van der Waals surface area (Å²) >= 11 is 0. The molecule has 2 nitrogen and oxygen atoms in total. The van der Waals surface area contributed by atoms with Crippen molar-refractivity contribution in [3.05, 3.63) is 30.3 Å². The highest BCUT2D eigenvalue weighted by Crippen LogP contribution is 2.30. The van der Waals surface area contributed by atoms with Crippen LogP contribution in [-0.4, -0.2) is 15.2 Å². The van der Waals surface area contributed by atoms with Crippen molar-refractivity contribution in [2.45, 2.75) is 53.6 Å². The Hall–Kier alpha value is -0.803. The van der Waals surface area contributed by atoms with Gasteiger partial charge >= 0.3 is 8.56 Å². The van der Waals surface area contributed by atoms with Crippen LogP contribution in [0.25, 0.3) is 0 Å². The topological polar surface area (TPSA) is 18.5 Å². The Bertz CT molecular complexity index is 377. The molecule has 1 aromatic rings. The average Bonchev–Trinajstić information content (AvgIpc) is 2.36. The van der Waals surface area contributed by atoms with E-state index in [1.807, 2.05) is 30.3 Å². The van der Waals surface area contributed by atoms with Crippen molar-refractivity contribution in [2.75, 3.05) is 6.61 Å². The first-order chi connectivity index (χ1) is 9.83. The van der Waals surface area contributed by atoms with E-state index in [0.717, 1.165) is 24.4 Å². The lowest BCUT2D eigenvalue weighted by Gasteiger charge is -2.34. The number of hydrogen-bond acceptors (Lipinski definition) is 2. The summed E-state index contributed by atoms with van der Waals surface area (Å²) < 4.78 is 12.9. The zero-order valence-corrected chi connectivity index (χ0v) is 15.6. The highest BCUT2D eigenvalue weighted by atomic mass is 28.4. The molecule has 0 radical (unpaired) electrons. The van der Waals surface area contributed by atoms with Gasteiger partial charge in [-0.15, -0.1) is 0 Å². The number of benzene rings is 1. The van der Waals surface area contributed by atoms with Crippen LogP contribution in [0.2, 0.25) is 12.1 Å². The third-order valence-electron chi connectivity index (χ3n) is 3.17. The molecule has 0 unspecified atom stereocenters. The second-order valence-corrected chi connectivity index (χ2v) is 10.4. The third kappa shape index (κ3) is 7.14. The molecule has 1 aromatic carbocycles. The fraction of sp³-hybridized carbons (Fsp3) is 0.667. The van der Waals surface area contributed by atoms with Crippen molar-refractivity contribution < 1.29 is 8.85 Å². The average molecular weight is 309 g/mol. The minimum absolute atomic E-state index is 0.538. The number of para-hydroxylation sites is 1. The smallest absolute Gasteiger partial charge is 0.399 e. The molecule has 120 valence electrons. The van der Waals surface area contributed by atoms with Gasteiger partial charge < -0.3 is 8.85 Å². The van der Waals surface area contributed by atoms with Gasteiger partial charge in [-0.1, -0.05) is 59.7 Å². The van der Waals surface area contributed by atoms with Crippen molar-refractivity contribution >= 4 is 8.56 Å². The Morgan fingerprint density at radius 2 is 1.33 bits per heavy atom. The molecule has 0 N–H and O–H groups in total. The lowest BCUT2D eigenvalue weighted by molar-refractivity contribution is 0.198. The molecular weight excluding hydrogens is 276 g/mol. The summed E-state index contributed by atoms with van der Waals surface area (Å²) in [5, 5.41) is 0. The van der Waals surface area contributed by atoms with E-state index in [-0.39, 0.29) is 0 Å². The second-order valence-electron chi connectivity index (χ2n) is 7.23. The Morgan fingerprint density at radius 1 is 0.810 bits per heavy atom. The molecule has 0 spiro atoms. The molecule has 3 heteroatoms. The maximum atomic E-state index is 6.49. The standard InChI is InChI=1S/C18H32O2Si/c1-15(2)12-19-21(13-16(3)4,14-17(5)6)20-18-10-8-7-9-11-18/h7-11,15-17H,12-14H2,1-6H3. The van der Waals surface area contributed by atoms with Crippen LogP contribution in [0.15, 0.2) is 30.3 Å². The van der Waals surface area contributed by atoms with Gasteiger partial charge in [0.25, 0.3) is 0 Å². The number of hydrogen-bond donors (Lipinski definition) is 0. The lowest BCUT2D eigenvalue weighted by Crippen LogP contribution is -2.48. The molecule has 0 saturated heterocycles. The second kappa shape index (κ2) is 8.59. The van der Waals surface area contributed by atoms with Crippen LogP contribution in [0.1, 0.15) is 41.5 Å². The summed E-state index contributed by atoms with van der Waals surface area (Å²) in [7, 11) is -2.23. The maximum absolute atomic E-state index is 6.49. The molecule has 1 rings (SSSR count). The zero-order chi connectivity index (χ0) is 15.9. The lowest BCUT2D eigenvalue weighted by atomic mass is 10.2. The summed E-state index contributed by atoms with van der Waals surface area (Å²) in [6.07, 6.45) is 0. The highest BCUT2D eigenvalue weighted by Gasteiger charge is 2.41. The Labute approximate surface area is 132 Å². The van der Waals surface area contributed by atoms with Gasteiger partial charge in [0.2, 0.25) is 0 Å². The van der Waals surface area contributed by atoms with Gasteiger partial charge in [-0.25, -0.2) is 0 Å². The molecule has 0 amide bonds. The third-order valence-corrected chi connectivity index (χ3v) is 7.34. The first kappa shape index (κ1) is 18.2. The van der Waals surface area contributed by atoms with E-state index in [1.165, 1.54) is 0 Å². The summed E-state index contributed by atoms with van der Waals surface area (Å²) in [6, 6.07) is 12.3. The van der Waals surface area contributed by atoms with Gasteiger partial charge in [0.1, 0.15) is 5.75 Å². The van der Waals surface area contributed by atoms with Crippen molar-refractivity contribution in [3.63, 3.8) is 0 Å². The van der Waals surface area contributed by atoms with Gasteiger partial charge in [0, 0.05) is 18.7 Å². The van der Waals surface area contributed by atoms with Crippen LogP contribution in [0.4, 0.5) is 0 Å². The predicted octanol–water partition coefficient (Wildman–Crippen LogP) is 5.49. The van der Waals surface area contributed by atoms with Gasteiger partial charge in [0.05, 0.1) is 0 Å². The van der Waals surface area contributed by atoms with Crippen LogP contribution in [0.3, 0.4) is 0 Å². The maximum Gasteiger partial charge on any atom is 0.399 e. The first-order valence-corrected chi connectivity index (χ1v) is 10.4. The Balaban J connectivity index is 2.96. The number of rotatable bonds is 9. The summed E-state index contributed by atoms with van der Waals surface area (Å²) in [5.74, 6) is 2.67. The van der Waals surface area contributed by atoms with Gasteiger partial charge in [-0.05, 0) is 29.9 Å². The van der Waals surface area contributed by atoms with Gasteiger partial charge in [-0.3, -0.25) is 0 Å². The summed E-state index contributed by atoms with van der Waals surface area (Å²) in [5.41, 5.74) is 0. The van der Waals surface area contributed by atoms with Gasteiger partial charge in [0.15, 0.2) is 0 Å². The zero-order valence-electron chi connectivity index (χ0n) is 14.6. The molecule has 0 aromatic heterocycles. The van der Waals surface area contributed by atoms with Crippen molar-refractivity contribution in [3.8, 4) is 5.75 Å². The van der Waals surface area contributed by atoms with Crippen LogP contribution >= 0.6 is 0 Å². The molecule has 0 saturated carbocycles. The molecule has 0 atom stereocenters. The van der Waals surface area contributed by atoms with Crippen molar-refractivity contribution in [2.24, 2.45) is 17.8 Å². The van der Waals surface area contributed by atoms with E-state index in [1.54, 1.807) is 0 Å². The Kier molecular flexibility index (Phi) is 7.47. The molecule has 0 fully saturated rings. The summed E-state index contributed by atoms with van der Waals surface area (Å²) in [6.45, 7) is 14.2. The Morgan fingerprint density at radius 3 is 1.76 bits per heavy atom. The van der Waals surface area contributed by atoms with Crippen LogP contribution in [-0.2, 0) is 4.43 Å². The van der Waals surface area contributed by atoms with E-state index in [0.29, 0.717) is 17.8 Å². The van der Waals surface area contributed by atoms with E-state index in [2.05, 4.69) is 41.5 Å². The van der Waals surface area contributed by atoms with E-state index >= 15 is 0 Å². The minimum atomic E-state index is -2.23. The minimum Gasteiger partial charge on any atom is -0.520 e. The molecular formula is C18H32O2Si. The summed E-state index contributed by atoms with van der Waals surface area (Å²) in [4.78, 5) is 0. The van der Waals surface area contributed by atoms with Crippen molar-refractivity contribution in [1.29, 1.82) is 0 Å². The molecule has 0 aliphatic carbocycles. The van der Waals surface area contributed by atoms with E-state index in [4.69, 9.17) is 8.85 Å². The molecule has 0 bridgehead atoms. The normalized spacial score (nSPS) is 12.4. The predicted molar refractivity (Wildman–Crippen MR) is 92.9 cm³/mol. The van der Waals surface area contributed by atoms with Gasteiger partial charge in [-0.2, -0.15) is 0 Å². The van der Waals surface area contributed by atoms with Crippen LogP contribution < -0.4 is 4.43 Å². The monoisotopic (exact) mass is 308 g/mol. The molecule has 0 aliphatic heterocycles. The SMILES string of the molecule is CC(C)CO[Si](CC(C)C)(CC(C)C)Oc1ccccc1. The van der Waals surface area contributed by atoms with Crippen molar-refractivity contribution in [1.82, 2.24) is 0 Å². The fourth-order valence-electron chi connectivity index (χ4n) is 2.58. The quantitative estimate of drug-likeness (QED) is 0.561. The van der Waals surface area contributed by atoms with E-state index < -0.39 is 8.56 Å². The van der Waals surface area contributed by atoms with Crippen LogP contribution in [0.5, 0.6) is 5.75 Å². The first-order valence-electron chi connectivity index (χ1n) is 8.21. The molecule has 21 heavy (non-hydrogen) atoms. The molecule has 0 aliphatic rings.